The summed E-state index contributed by atoms with van der Waals surface area (Å²) in [5.41, 5.74) is -4.74. The van der Waals surface area contributed by atoms with Crippen LogP contribution in [0.25, 0.3) is 0 Å². The third kappa shape index (κ3) is 4.31. The summed E-state index contributed by atoms with van der Waals surface area (Å²) in [6.07, 6.45) is -1.02. The van der Waals surface area contributed by atoms with Gasteiger partial charge >= 0.3 is 18.0 Å². The minimum absolute atomic E-state index is 0.0796. The van der Waals surface area contributed by atoms with Crippen LogP contribution >= 0.6 is 34.8 Å². The highest BCUT2D eigenvalue weighted by atomic mass is 35.6. The molecule has 0 saturated carbocycles. The summed E-state index contributed by atoms with van der Waals surface area (Å²) in [5, 5.41) is 2.29. The number of carbonyl (C=O) groups excluding carboxylic acids is 3. The predicted molar refractivity (Wildman–Crippen MR) is 104 cm³/mol. The molecule has 1 aromatic rings. The monoisotopic (exact) mass is 451 g/mol. The van der Waals surface area contributed by atoms with Gasteiger partial charge in [-0.1, -0.05) is 53.0 Å². The fourth-order valence-electron chi connectivity index (χ4n) is 2.34. The number of ether oxygens (including phenoxy) is 3. The Labute approximate surface area is 177 Å². The van der Waals surface area contributed by atoms with Crippen molar-refractivity contribution in [2.75, 3.05) is 0 Å². The second-order valence-electron chi connectivity index (χ2n) is 7.66. The summed E-state index contributed by atoms with van der Waals surface area (Å²) in [7, 11) is 0. The third-order valence-corrected chi connectivity index (χ3v) is 5.19. The van der Waals surface area contributed by atoms with Crippen molar-refractivity contribution in [3.05, 3.63) is 29.8 Å². The van der Waals surface area contributed by atoms with Gasteiger partial charge in [0.15, 0.2) is 5.60 Å². The molecule has 0 unspecified atom stereocenters. The molecule has 1 heterocycles. The summed E-state index contributed by atoms with van der Waals surface area (Å²) in [4.78, 5) is 38.3. The van der Waals surface area contributed by atoms with E-state index in [-0.39, 0.29) is 11.3 Å². The minimum atomic E-state index is -2.31. The Kier molecular flexibility index (Phi) is 5.87. The van der Waals surface area contributed by atoms with Crippen LogP contribution in [0.1, 0.15) is 40.2 Å². The first-order valence-electron chi connectivity index (χ1n) is 8.23. The molecule has 0 fully saturated rings. The number of halogens is 3. The number of fused-ring (bicyclic) bond motifs is 1. The Morgan fingerprint density at radius 3 is 2.14 bits per heavy atom. The molecule has 0 aliphatic carbocycles. The van der Waals surface area contributed by atoms with Gasteiger partial charge in [-0.15, -0.1) is 0 Å². The van der Waals surface area contributed by atoms with Gasteiger partial charge in [0.25, 0.3) is 5.54 Å². The molecule has 1 aromatic carbocycles. The van der Waals surface area contributed by atoms with Crippen molar-refractivity contribution in [1.29, 1.82) is 0 Å². The van der Waals surface area contributed by atoms with Crippen molar-refractivity contribution in [3.63, 3.8) is 0 Å². The van der Waals surface area contributed by atoms with E-state index in [1.807, 2.05) is 0 Å². The summed E-state index contributed by atoms with van der Waals surface area (Å²) in [6.45, 7) is 7.59. The molecule has 0 aromatic heterocycles. The minimum Gasteiger partial charge on any atom is -0.453 e. The molecule has 1 aliphatic heterocycles. The lowest BCUT2D eigenvalue weighted by molar-refractivity contribution is -0.170. The number of amides is 1. The summed E-state index contributed by atoms with van der Waals surface area (Å²) >= 11 is 17.6. The molecule has 28 heavy (non-hydrogen) atoms. The van der Waals surface area contributed by atoms with Crippen LogP contribution in [0.15, 0.2) is 24.3 Å². The molecule has 10 heteroatoms. The molecule has 1 amide bonds. The Hall–Kier alpha value is -1.70. The molecule has 2 rings (SSSR count). The van der Waals surface area contributed by atoms with Crippen molar-refractivity contribution >= 4 is 52.8 Å². The highest BCUT2D eigenvalue weighted by Gasteiger charge is 2.60. The number of para-hydroxylation sites is 1. The van der Waals surface area contributed by atoms with Gasteiger partial charge < -0.3 is 14.2 Å². The standard InChI is InChI=1S/C18H20Cl3NO6/c1-15(2,3)28-14(25)22-17(13(24)27-16(4,5)18(19,20)21)10-8-6-7-9-11(10)26-12(17)23/h6-9H,1-5H3,(H,22,25)/t17-/m1/s1. The number of benzene rings is 1. The van der Waals surface area contributed by atoms with E-state index in [1.165, 1.54) is 26.0 Å². The first-order valence-corrected chi connectivity index (χ1v) is 9.37. The van der Waals surface area contributed by atoms with Gasteiger partial charge in [-0.2, -0.15) is 0 Å². The zero-order valence-corrected chi connectivity index (χ0v) is 18.2. The number of rotatable bonds is 3. The lowest BCUT2D eigenvalue weighted by atomic mass is 9.91. The number of hydrogen-bond donors (Lipinski definition) is 1. The molecule has 0 spiro atoms. The van der Waals surface area contributed by atoms with Crippen LogP contribution in [-0.4, -0.2) is 33.0 Å². The number of nitrogens with one attached hydrogen (secondary N) is 1. The van der Waals surface area contributed by atoms with E-state index in [9.17, 15) is 14.4 Å². The SMILES string of the molecule is CC(C)(C)OC(=O)N[C@@]1(C(=O)OC(C)(C)C(Cl)(Cl)Cl)C(=O)Oc2ccccc21. The average molecular weight is 453 g/mol. The molecule has 1 aliphatic rings. The van der Waals surface area contributed by atoms with Gasteiger partial charge in [-0.25, -0.2) is 14.4 Å². The molecular weight excluding hydrogens is 433 g/mol. The van der Waals surface area contributed by atoms with Crippen molar-refractivity contribution in [3.8, 4) is 5.75 Å². The van der Waals surface area contributed by atoms with E-state index < -0.39 is 38.6 Å². The highest BCUT2D eigenvalue weighted by Crippen LogP contribution is 2.44. The van der Waals surface area contributed by atoms with Crippen molar-refractivity contribution < 1.29 is 28.6 Å². The van der Waals surface area contributed by atoms with Crippen LogP contribution in [0.4, 0.5) is 4.79 Å². The quantitative estimate of drug-likeness (QED) is 0.322. The second kappa shape index (κ2) is 7.28. The van der Waals surface area contributed by atoms with Crippen LogP contribution in [-0.2, 0) is 24.6 Å². The zero-order valence-electron chi connectivity index (χ0n) is 15.9. The third-order valence-electron chi connectivity index (χ3n) is 3.83. The first-order chi connectivity index (χ1) is 12.6. The Morgan fingerprint density at radius 1 is 1.04 bits per heavy atom. The molecule has 7 nitrogen and oxygen atoms in total. The normalized spacial score (nSPS) is 19.5. The van der Waals surface area contributed by atoms with Gasteiger partial charge in [-0.05, 0) is 40.7 Å². The Balaban J connectivity index is 2.51. The number of esters is 2. The molecule has 1 N–H and O–H groups in total. The maximum absolute atomic E-state index is 13.1. The maximum Gasteiger partial charge on any atom is 0.409 e. The number of carbonyl (C=O) groups is 3. The van der Waals surface area contributed by atoms with E-state index in [4.69, 9.17) is 49.0 Å². The van der Waals surface area contributed by atoms with Gasteiger partial charge in [-0.3, -0.25) is 5.32 Å². The van der Waals surface area contributed by atoms with Crippen molar-refractivity contribution in [1.82, 2.24) is 5.32 Å². The van der Waals surface area contributed by atoms with Gasteiger partial charge in [0.1, 0.15) is 11.4 Å². The molecule has 154 valence electrons. The highest BCUT2D eigenvalue weighted by molar-refractivity contribution is 6.68. The first kappa shape index (κ1) is 22.6. The number of alkyl carbamates (subject to hydrolysis) is 1. The lowest BCUT2D eigenvalue weighted by Gasteiger charge is -2.35. The fraction of sp³-hybridized carbons (Fsp3) is 0.500. The van der Waals surface area contributed by atoms with Gasteiger partial charge in [0, 0.05) is 5.56 Å². The van der Waals surface area contributed by atoms with Gasteiger partial charge in [0.05, 0.1) is 0 Å². The topological polar surface area (TPSA) is 90.9 Å². The molecule has 0 saturated heterocycles. The van der Waals surface area contributed by atoms with Gasteiger partial charge in [0.2, 0.25) is 3.79 Å². The van der Waals surface area contributed by atoms with E-state index in [0.717, 1.165) is 0 Å². The van der Waals surface area contributed by atoms with Crippen LogP contribution < -0.4 is 10.1 Å². The van der Waals surface area contributed by atoms with Crippen LogP contribution in [0.5, 0.6) is 5.75 Å². The van der Waals surface area contributed by atoms with Crippen LogP contribution in [0, 0.1) is 0 Å². The van der Waals surface area contributed by atoms with E-state index in [0.29, 0.717) is 0 Å². The molecular formula is C18H20Cl3NO6. The average Bonchev–Trinajstić information content (AvgIpc) is 2.77. The summed E-state index contributed by atoms with van der Waals surface area (Å²) in [5.74, 6) is -2.15. The van der Waals surface area contributed by atoms with Crippen molar-refractivity contribution in [2.24, 2.45) is 0 Å². The second-order valence-corrected chi connectivity index (χ2v) is 9.94. The molecule has 0 radical (unpaired) electrons. The van der Waals surface area contributed by atoms with Crippen molar-refractivity contribution in [2.45, 2.75) is 55.2 Å². The van der Waals surface area contributed by atoms with E-state index >= 15 is 0 Å². The summed E-state index contributed by atoms with van der Waals surface area (Å²) in [6, 6.07) is 6.09. The number of alkyl halides is 3. The largest absolute Gasteiger partial charge is 0.453 e. The Morgan fingerprint density at radius 2 is 1.61 bits per heavy atom. The van der Waals surface area contributed by atoms with E-state index in [2.05, 4.69) is 5.32 Å². The smallest absolute Gasteiger partial charge is 0.409 e. The number of hydrogen-bond acceptors (Lipinski definition) is 6. The fourth-order valence-corrected chi connectivity index (χ4v) is 2.45. The van der Waals surface area contributed by atoms with E-state index in [1.54, 1.807) is 32.9 Å². The predicted octanol–water partition coefficient (Wildman–Crippen LogP) is 4.02. The Bertz CT molecular complexity index is 812. The van der Waals surface area contributed by atoms with Crippen LogP contribution in [0.2, 0.25) is 0 Å². The molecule has 1 atom stereocenters. The lowest BCUT2D eigenvalue weighted by Crippen LogP contribution is -2.59. The molecule has 0 bridgehead atoms. The maximum atomic E-state index is 13.1. The zero-order chi connectivity index (χ0) is 21.5. The van der Waals surface area contributed by atoms with Crippen LogP contribution in [0.3, 0.4) is 0 Å². The summed E-state index contributed by atoms with van der Waals surface area (Å²) < 4.78 is 13.7.